The summed E-state index contributed by atoms with van der Waals surface area (Å²) in [4.78, 5) is 36.2. The summed E-state index contributed by atoms with van der Waals surface area (Å²) in [6, 6.07) is 4.17. The topological polar surface area (TPSA) is 93.7 Å². The van der Waals surface area contributed by atoms with E-state index in [-0.39, 0.29) is 22.0 Å². The van der Waals surface area contributed by atoms with Crippen LogP contribution in [-0.4, -0.2) is 38.6 Å². The van der Waals surface area contributed by atoms with Gasteiger partial charge in [0, 0.05) is 5.69 Å². The highest BCUT2D eigenvalue weighted by atomic mass is 32.1. The number of carbonyl (C=O) groups is 3. The number of hydrogen-bond acceptors (Lipinski definition) is 7. The van der Waals surface area contributed by atoms with E-state index in [0.717, 1.165) is 30.6 Å². The Balaban J connectivity index is 2.12. The normalized spacial score (nSPS) is 11.0. The predicted octanol–water partition coefficient (Wildman–Crippen LogP) is 3.70. The van der Waals surface area contributed by atoms with Gasteiger partial charge in [0.2, 0.25) is 5.91 Å². The third kappa shape index (κ3) is 5.25. The van der Waals surface area contributed by atoms with Gasteiger partial charge < -0.3 is 20.1 Å². The summed E-state index contributed by atoms with van der Waals surface area (Å²) >= 11 is 0.857. The van der Waals surface area contributed by atoms with Crippen LogP contribution in [0, 0.1) is 6.92 Å². The van der Waals surface area contributed by atoms with Crippen LogP contribution >= 0.6 is 11.3 Å². The largest absolute Gasteiger partial charge is 0.465 e. The molecule has 0 spiro atoms. The monoisotopic (exact) mass is 430 g/mol. The maximum Gasteiger partial charge on any atom is 0.416 e. The Morgan fingerprint density at radius 2 is 1.62 bits per heavy atom. The molecule has 0 aliphatic rings. The molecule has 2 N–H and O–H groups in total. The average Bonchev–Trinajstić information content (AvgIpc) is 3.00. The van der Waals surface area contributed by atoms with Gasteiger partial charge in [-0.25, -0.2) is 9.59 Å². The first-order valence-corrected chi connectivity index (χ1v) is 8.91. The fourth-order valence-electron chi connectivity index (χ4n) is 2.37. The molecule has 2 rings (SSSR count). The van der Waals surface area contributed by atoms with Crippen molar-refractivity contribution in [2.24, 2.45) is 0 Å². The number of halogens is 3. The summed E-state index contributed by atoms with van der Waals surface area (Å²) in [5.41, 5.74) is -0.168. The summed E-state index contributed by atoms with van der Waals surface area (Å²) in [6.07, 6.45) is -4.45. The fraction of sp³-hybridized carbons (Fsp3) is 0.278. The van der Waals surface area contributed by atoms with Crippen LogP contribution in [0.2, 0.25) is 0 Å². The average molecular weight is 430 g/mol. The molecule has 156 valence electrons. The Morgan fingerprint density at radius 1 is 1.03 bits per heavy atom. The molecule has 0 unspecified atom stereocenters. The molecule has 1 amide bonds. The number of methoxy groups -OCH3 is 2. The molecule has 0 atom stereocenters. The van der Waals surface area contributed by atoms with E-state index in [1.165, 1.54) is 26.2 Å². The van der Waals surface area contributed by atoms with Crippen molar-refractivity contribution in [2.45, 2.75) is 13.1 Å². The van der Waals surface area contributed by atoms with E-state index in [9.17, 15) is 27.6 Å². The Hall–Kier alpha value is -3.08. The van der Waals surface area contributed by atoms with Gasteiger partial charge in [-0.15, -0.1) is 11.3 Å². The smallest absolute Gasteiger partial charge is 0.416 e. The van der Waals surface area contributed by atoms with Crippen LogP contribution in [-0.2, 0) is 20.4 Å². The lowest BCUT2D eigenvalue weighted by molar-refractivity contribution is -0.137. The van der Waals surface area contributed by atoms with Crippen LogP contribution in [0.4, 0.5) is 23.9 Å². The molecule has 0 aliphatic heterocycles. The third-order valence-electron chi connectivity index (χ3n) is 3.83. The number of alkyl halides is 3. The molecule has 29 heavy (non-hydrogen) atoms. The van der Waals surface area contributed by atoms with Crippen LogP contribution in [0.3, 0.4) is 0 Å². The van der Waals surface area contributed by atoms with Crippen molar-refractivity contribution in [3.8, 4) is 0 Å². The lowest BCUT2D eigenvalue weighted by Crippen LogP contribution is -2.22. The quantitative estimate of drug-likeness (QED) is 0.679. The van der Waals surface area contributed by atoms with Crippen molar-refractivity contribution in [1.82, 2.24) is 0 Å². The first-order chi connectivity index (χ1) is 13.6. The molecular formula is C18H17F3N2O5S. The minimum Gasteiger partial charge on any atom is -0.465 e. The van der Waals surface area contributed by atoms with E-state index in [4.69, 9.17) is 4.74 Å². The Morgan fingerprint density at radius 3 is 2.14 bits per heavy atom. The highest BCUT2D eigenvalue weighted by molar-refractivity contribution is 7.18. The van der Waals surface area contributed by atoms with Gasteiger partial charge in [-0.05, 0) is 36.8 Å². The Kier molecular flexibility index (Phi) is 6.85. The molecule has 7 nitrogen and oxygen atoms in total. The van der Waals surface area contributed by atoms with Gasteiger partial charge in [0.25, 0.3) is 0 Å². The summed E-state index contributed by atoms with van der Waals surface area (Å²) in [6.45, 7) is 1.24. The van der Waals surface area contributed by atoms with E-state index in [1.807, 2.05) is 0 Å². The van der Waals surface area contributed by atoms with Gasteiger partial charge in [0.15, 0.2) is 0 Å². The second kappa shape index (κ2) is 8.95. The molecule has 0 saturated carbocycles. The van der Waals surface area contributed by atoms with Crippen molar-refractivity contribution in [1.29, 1.82) is 0 Å². The lowest BCUT2D eigenvalue weighted by atomic mass is 10.1. The molecule has 1 aromatic heterocycles. The number of esters is 2. The molecule has 2 aromatic rings. The van der Waals surface area contributed by atoms with Gasteiger partial charge in [-0.3, -0.25) is 4.79 Å². The zero-order valence-corrected chi connectivity index (χ0v) is 16.4. The molecule has 0 radical (unpaired) electrons. The van der Waals surface area contributed by atoms with Crippen molar-refractivity contribution in [3.05, 3.63) is 45.8 Å². The maximum absolute atomic E-state index is 12.6. The molecule has 0 bridgehead atoms. The number of rotatable bonds is 6. The van der Waals surface area contributed by atoms with E-state index >= 15 is 0 Å². The summed E-state index contributed by atoms with van der Waals surface area (Å²) < 4.78 is 47.1. The van der Waals surface area contributed by atoms with Crippen molar-refractivity contribution in [3.63, 3.8) is 0 Å². The van der Waals surface area contributed by atoms with Crippen LogP contribution in [0.5, 0.6) is 0 Å². The summed E-state index contributed by atoms with van der Waals surface area (Å²) in [5.74, 6) is -1.98. The highest BCUT2D eigenvalue weighted by Gasteiger charge is 2.30. The third-order valence-corrected chi connectivity index (χ3v) is 5.01. The molecule has 1 heterocycles. The van der Waals surface area contributed by atoms with Gasteiger partial charge in [0.1, 0.15) is 9.88 Å². The van der Waals surface area contributed by atoms with Gasteiger partial charge in [0.05, 0.1) is 31.9 Å². The predicted molar refractivity (Wildman–Crippen MR) is 100 cm³/mol. The van der Waals surface area contributed by atoms with Crippen LogP contribution in [0.25, 0.3) is 0 Å². The number of amides is 1. The van der Waals surface area contributed by atoms with Gasteiger partial charge in [-0.2, -0.15) is 13.2 Å². The number of nitrogens with one attached hydrogen (secondary N) is 2. The number of carbonyl (C=O) groups excluding carboxylic acids is 3. The van der Waals surface area contributed by atoms with Gasteiger partial charge in [-0.1, -0.05) is 0 Å². The second-order valence-electron chi connectivity index (χ2n) is 5.72. The van der Waals surface area contributed by atoms with E-state index in [1.54, 1.807) is 0 Å². The summed E-state index contributed by atoms with van der Waals surface area (Å²) in [7, 11) is 2.35. The van der Waals surface area contributed by atoms with Crippen LogP contribution < -0.4 is 10.6 Å². The second-order valence-corrected chi connectivity index (χ2v) is 6.74. The molecule has 1 aromatic carbocycles. The minimum atomic E-state index is -4.45. The molecule has 11 heteroatoms. The molecule has 0 saturated heterocycles. The number of thiophene rings is 1. The number of hydrogen-bond donors (Lipinski definition) is 2. The van der Waals surface area contributed by atoms with E-state index in [0.29, 0.717) is 11.3 Å². The SMILES string of the molecule is COC(=O)c1sc(NC(=O)CNc2ccc(C(F)(F)F)cc2)c(C(=O)OC)c1C. The number of anilines is 2. The zero-order valence-electron chi connectivity index (χ0n) is 15.6. The maximum atomic E-state index is 12.6. The molecule has 0 fully saturated rings. The zero-order chi connectivity index (χ0) is 21.8. The summed E-state index contributed by atoms with van der Waals surface area (Å²) in [5, 5.41) is 5.28. The van der Waals surface area contributed by atoms with Crippen LogP contribution in [0.15, 0.2) is 24.3 Å². The highest BCUT2D eigenvalue weighted by Crippen LogP contribution is 2.34. The van der Waals surface area contributed by atoms with E-state index in [2.05, 4.69) is 15.4 Å². The van der Waals surface area contributed by atoms with Gasteiger partial charge >= 0.3 is 18.1 Å². The Labute approximate surface area is 167 Å². The Bertz CT molecular complexity index is 923. The molecular weight excluding hydrogens is 413 g/mol. The number of ether oxygens (including phenoxy) is 2. The first-order valence-electron chi connectivity index (χ1n) is 8.09. The molecule has 0 aliphatic carbocycles. The minimum absolute atomic E-state index is 0.0285. The first kappa shape index (κ1) is 22.2. The van der Waals surface area contributed by atoms with Crippen molar-refractivity contribution < 1.29 is 37.0 Å². The van der Waals surface area contributed by atoms with Crippen molar-refractivity contribution in [2.75, 3.05) is 31.4 Å². The van der Waals surface area contributed by atoms with E-state index < -0.39 is 29.6 Å². The standard InChI is InChI=1S/C18H17F3N2O5S/c1-9-13(16(25)27-2)15(29-14(9)17(26)28-3)23-12(24)8-22-11-6-4-10(5-7-11)18(19,20)21/h4-7,22H,8H2,1-3H3,(H,23,24). The van der Waals surface area contributed by atoms with Crippen LogP contribution in [0.1, 0.15) is 31.2 Å². The van der Waals surface area contributed by atoms with Crippen molar-refractivity contribution >= 4 is 39.9 Å². The fourth-order valence-corrected chi connectivity index (χ4v) is 3.50. The lowest BCUT2D eigenvalue weighted by Gasteiger charge is -2.10. The number of benzene rings is 1.